The Hall–Kier alpha value is -1.59. The Balaban J connectivity index is 2.20. The van der Waals surface area contributed by atoms with E-state index in [1.807, 2.05) is 19.9 Å². The van der Waals surface area contributed by atoms with Crippen molar-refractivity contribution in [2.45, 2.75) is 20.0 Å². The zero-order chi connectivity index (χ0) is 14.7. The summed E-state index contributed by atoms with van der Waals surface area (Å²) in [7, 11) is 0. The number of aromatic nitrogens is 2. The van der Waals surface area contributed by atoms with Crippen molar-refractivity contribution in [3.05, 3.63) is 41.5 Å². The number of alkyl halides is 1. The fraction of sp³-hybridized carbons (Fsp3) is 0.357. The van der Waals surface area contributed by atoms with Crippen LogP contribution in [-0.2, 0) is 0 Å². The molecule has 20 heavy (non-hydrogen) atoms. The third-order valence-corrected chi connectivity index (χ3v) is 3.26. The summed E-state index contributed by atoms with van der Waals surface area (Å²) in [6.45, 7) is 4.02. The van der Waals surface area contributed by atoms with Gasteiger partial charge in [-0.05, 0) is 38.1 Å². The summed E-state index contributed by atoms with van der Waals surface area (Å²) in [6, 6.07) is 6.68. The van der Waals surface area contributed by atoms with E-state index < -0.39 is 6.10 Å². The van der Waals surface area contributed by atoms with Crippen molar-refractivity contribution in [3.63, 3.8) is 0 Å². The summed E-state index contributed by atoms with van der Waals surface area (Å²) in [5, 5.41) is 16.5. The number of halogens is 2. The highest BCUT2D eigenvalue weighted by Crippen LogP contribution is 2.19. The molecule has 0 bridgehead atoms. The molecule has 0 aliphatic carbocycles. The molecule has 1 aromatic heterocycles. The number of hydrogen-bond donors (Lipinski definition) is 2. The maximum atomic E-state index is 14.1. The van der Waals surface area contributed by atoms with Gasteiger partial charge in [0.15, 0.2) is 5.82 Å². The molecule has 2 rings (SSSR count). The zero-order valence-electron chi connectivity index (χ0n) is 11.4. The van der Waals surface area contributed by atoms with Crippen LogP contribution in [0.1, 0.15) is 11.4 Å². The molecule has 0 fully saturated rings. The molecule has 2 N–H and O–H groups in total. The smallest absolute Gasteiger partial charge is 0.150 e. The molecule has 0 amide bonds. The van der Waals surface area contributed by atoms with Gasteiger partial charge in [0.1, 0.15) is 5.69 Å². The van der Waals surface area contributed by atoms with E-state index in [1.54, 1.807) is 16.8 Å². The lowest BCUT2D eigenvalue weighted by Crippen LogP contribution is -2.20. The Morgan fingerprint density at radius 1 is 1.40 bits per heavy atom. The summed E-state index contributed by atoms with van der Waals surface area (Å²) >= 11 is 5.50. The van der Waals surface area contributed by atoms with E-state index in [9.17, 15) is 9.50 Å². The van der Waals surface area contributed by atoms with Gasteiger partial charge in [-0.2, -0.15) is 5.10 Å². The van der Waals surface area contributed by atoms with Crippen molar-refractivity contribution in [1.29, 1.82) is 0 Å². The molecule has 1 atom stereocenters. The fourth-order valence-corrected chi connectivity index (χ4v) is 2.06. The third-order valence-electron chi connectivity index (χ3n) is 2.91. The minimum atomic E-state index is -0.657. The molecule has 4 nitrogen and oxygen atoms in total. The molecule has 0 spiro atoms. The van der Waals surface area contributed by atoms with Crippen molar-refractivity contribution in [2.24, 2.45) is 0 Å². The lowest BCUT2D eigenvalue weighted by atomic mass is 10.2. The molecule has 0 aliphatic heterocycles. The van der Waals surface area contributed by atoms with E-state index >= 15 is 0 Å². The normalized spacial score (nSPS) is 12.4. The van der Waals surface area contributed by atoms with Crippen LogP contribution < -0.4 is 5.32 Å². The minimum absolute atomic E-state index is 0.138. The SMILES string of the molecule is Cc1cc(C)n(-c2ccc(NCC(O)CCl)cc2F)n1. The van der Waals surface area contributed by atoms with Crippen LogP contribution in [0, 0.1) is 19.7 Å². The summed E-state index contributed by atoms with van der Waals surface area (Å²) in [5.41, 5.74) is 2.71. The minimum Gasteiger partial charge on any atom is -0.390 e. The standard InChI is InChI=1S/C14H17ClFN3O/c1-9-5-10(2)19(18-9)14-4-3-11(6-13(14)16)17-8-12(20)7-15/h3-6,12,17,20H,7-8H2,1-2H3. The molecule has 1 aromatic carbocycles. The number of hydrogen-bond acceptors (Lipinski definition) is 3. The van der Waals surface area contributed by atoms with Crippen LogP contribution in [0.2, 0.25) is 0 Å². The summed E-state index contributed by atoms with van der Waals surface area (Å²) in [5.74, 6) is -0.235. The molecular formula is C14H17ClFN3O. The Morgan fingerprint density at radius 3 is 2.70 bits per heavy atom. The van der Waals surface area contributed by atoms with E-state index in [0.29, 0.717) is 11.4 Å². The van der Waals surface area contributed by atoms with Gasteiger partial charge in [-0.15, -0.1) is 11.6 Å². The maximum absolute atomic E-state index is 14.1. The molecule has 6 heteroatoms. The van der Waals surface area contributed by atoms with Crippen molar-refractivity contribution in [2.75, 3.05) is 17.7 Å². The fourth-order valence-electron chi connectivity index (χ4n) is 1.95. The van der Waals surface area contributed by atoms with Gasteiger partial charge in [0, 0.05) is 17.9 Å². The van der Waals surface area contributed by atoms with Crippen LogP contribution in [0.3, 0.4) is 0 Å². The topological polar surface area (TPSA) is 50.1 Å². The number of aliphatic hydroxyl groups excluding tert-OH is 1. The number of nitrogens with zero attached hydrogens (tertiary/aromatic N) is 2. The van der Waals surface area contributed by atoms with Crippen LogP contribution in [0.15, 0.2) is 24.3 Å². The van der Waals surface area contributed by atoms with Crippen LogP contribution in [-0.4, -0.2) is 33.4 Å². The highest BCUT2D eigenvalue weighted by molar-refractivity contribution is 6.18. The highest BCUT2D eigenvalue weighted by Gasteiger charge is 2.10. The molecular weight excluding hydrogens is 281 g/mol. The number of nitrogens with one attached hydrogen (secondary N) is 1. The van der Waals surface area contributed by atoms with Crippen molar-refractivity contribution >= 4 is 17.3 Å². The van der Waals surface area contributed by atoms with Gasteiger partial charge in [0.05, 0.1) is 17.7 Å². The molecule has 0 aliphatic rings. The van der Waals surface area contributed by atoms with E-state index in [-0.39, 0.29) is 18.2 Å². The first kappa shape index (κ1) is 14.8. The van der Waals surface area contributed by atoms with Gasteiger partial charge in [0.25, 0.3) is 0 Å². The summed E-state index contributed by atoms with van der Waals surface area (Å²) in [6.07, 6.45) is -0.657. The second-order valence-electron chi connectivity index (χ2n) is 4.69. The second kappa shape index (κ2) is 6.24. The molecule has 0 radical (unpaired) electrons. The van der Waals surface area contributed by atoms with E-state index in [2.05, 4.69) is 10.4 Å². The van der Waals surface area contributed by atoms with Gasteiger partial charge in [-0.1, -0.05) is 0 Å². The molecule has 0 saturated carbocycles. The molecule has 1 unspecified atom stereocenters. The Bertz CT molecular complexity index is 600. The number of aryl methyl sites for hydroxylation is 2. The van der Waals surface area contributed by atoms with Crippen molar-refractivity contribution < 1.29 is 9.50 Å². The van der Waals surface area contributed by atoms with Crippen molar-refractivity contribution in [1.82, 2.24) is 9.78 Å². The lowest BCUT2D eigenvalue weighted by Gasteiger charge is -2.12. The molecule has 1 heterocycles. The van der Waals surface area contributed by atoms with E-state index in [1.165, 1.54) is 6.07 Å². The zero-order valence-corrected chi connectivity index (χ0v) is 12.2. The predicted molar refractivity (Wildman–Crippen MR) is 78.2 cm³/mol. The number of anilines is 1. The van der Waals surface area contributed by atoms with Gasteiger partial charge >= 0.3 is 0 Å². The Labute approximate surface area is 122 Å². The Kier molecular flexibility index (Phi) is 4.62. The van der Waals surface area contributed by atoms with Crippen LogP contribution >= 0.6 is 11.6 Å². The Morgan fingerprint density at radius 2 is 2.15 bits per heavy atom. The van der Waals surface area contributed by atoms with Gasteiger partial charge in [-0.3, -0.25) is 0 Å². The molecule has 108 valence electrons. The molecule has 0 saturated heterocycles. The number of aliphatic hydroxyl groups is 1. The first-order valence-corrected chi connectivity index (χ1v) is 6.86. The third kappa shape index (κ3) is 3.29. The second-order valence-corrected chi connectivity index (χ2v) is 5.00. The number of rotatable bonds is 5. The monoisotopic (exact) mass is 297 g/mol. The first-order chi connectivity index (χ1) is 9.51. The van der Waals surface area contributed by atoms with Crippen LogP contribution in [0.4, 0.5) is 10.1 Å². The number of benzene rings is 1. The average molecular weight is 298 g/mol. The highest BCUT2D eigenvalue weighted by atomic mass is 35.5. The van der Waals surface area contributed by atoms with Gasteiger partial charge in [-0.25, -0.2) is 9.07 Å². The van der Waals surface area contributed by atoms with Gasteiger partial charge in [0.2, 0.25) is 0 Å². The van der Waals surface area contributed by atoms with Crippen LogP contribution in [0.25, 0.3) is 5.69 Å². The largest absolute Gasteiger partial charge is 0.390 e. The lowest BCUT2D eigenvalue weighted by molar-refractivity contribution is 0.211. The first-order valence-electron chi connectivity index (χ1n) is 6.32. The summed E-state index contributed by atoms with van der Waals surface area (Å²) < 4.78 is 15.7. The predicted octanol–water partition coefficient (Wildman–Crippen LogP) is 2.64. The van der Waals surface area contributed by atoms with E-state index in [4.69, 9.17) is 11.6 Å². The molecule has 2 aromatic rings. The maximum Gasteiger partial charge on any atom is 0.150 e. The van der Waals surface area contributed by atoms with Crippen molar-refractivity contribution in [3.8, 4) is 5.69 Å². The average Bonchev–Trinajstić information content (AvgIpc) is 2.75. The van der Waals surface area contributed by atoms with Gasteiger partial charge < -0.3 is 10.4 Å². The summed E-state index contributed by atoms with van der Waals surface area (Å²) in [4.78, 5) is 0. The van der Waals surface area contributed by atoms with E-state index in [0.717, 1.165) is 11.4 Å². The van der Waals surface area contributed by atoms with Crippen LogP contribution in [0.5, 0.6) is 0 Å². The quantitative estimate of drug-likeness (QED) is 0.834.